The van der Waals surface area contributed by atoms with E-state index in [1.807, 2.05) is 0 Å². The van der Waals surface area contributed by atoms with Gasteiger partial charge in [-0.3, -0.25) is 33.2 Å². The Labute approximate surface area is 229 Å². The average molecular weight is 610 g/mol. The lowest BCUT2D eigenvalue weighted by Gasteiger charge is -2.35. The van der Waals surface area contributed by atoms with Gasteiger partial charge in [0.05, 0.1) is 36.1 Å². The SMILES string of the molecule is CP(=O)(O)CN1CCN(CP(C)(=O)O)CC(CNC(=O)Cc2ccc(N=C=S)cc2)N(CP(C)(=O)O)CC1. The molecule has 0 saturated carbocycles. The van der Waals surface area contributed by atoms with Crippen molar-refractivity contribution in [3.8, 4) is 0 Å². The number of nitrogens with one attached hydrogen (secondary N) is 1. The van der Waals surface area contributed by atoms with Crippen molar-refractivity contribution in [2.75, 3.05) is 78.1 Å². The fourth-order valence-electron chi connectivity index (χ4n) is 4.30. The molecule has 214 valence electrons. The van der Waals surface area contributed by atoms with E-state index < -0.39 is 28.1 Å². The third kappa shape index (κ3) is 13.8. The molecule has 38 heavy (non-hydrogen) atoms. The van der Waals surface area contributed by atoms with Gasteiger partial charge in [0.25, 0.3) is 0 Å². The van der Waals surface area contributed by atoms with Gasteiger partial charge in [-0.15, -0.1) is 0 Å². The van der Waals surface area contributed by atoms with Crippen LogP contribution in [0.5, 0.6) is 0 Å². The molecule has 1 fully saturated rings. The largest absolute Gasteiger partial charge is 0.354 e. The highest BCUT2D eigenvalue weighted by Crippen LogP contribution is 2.39. The van der Waals surface area contributed by atoms with Crippen molar-refractivity contribution >= 4 is 51.1 Å². The van der Waals surface area contributed by atoms with E-state index in [0.29, 0.717) is 31.9 Å². The Kier molecular flexibility index (Phi) is 12.7. The molecular formula is C22H38N5O7P3S. The first-order valence-electron chi connectivity index (χ1n) is 12.0. The normalized spacial score (nSPS) is 22.9. The Bertz CT molecular complexity index is 1130. The van der Waals surface area contributed by atoms with E-state index in [0.717, 1.165) is 5.56 Å². The zero-order chi connectivity index (χ0) is 28.6. The van der Waals surface area contributed by atoms with Gasteiger partial charge in [-0.1, -0.05) is 12.1 Å². The van der Waals surface area contributed by atoms with Crippen molar-refractivity contribution in [3.05, 3.63) is 29.8 Å². The monoisotopic (exact) mass is 609 g/mol. The topological polar surface area (TPSA) is 163 Å². The van der Waals surface area contributed by atoms with E-state index in [9.17, 15) is 33.2 Å². The minimum Gasteiger partial charge on any atom is -0.354 e. The molecule has 1 heterocycles. The van der Waals surface area contributed by atoms with E-state index in [4.69, 9.17) is 0 Å². The standard InChI is InChI=1S/C22H38N5O7P3S/c1-35(29,30)16-25-8-9-26(17-36(2,31)32)14-21(27(11-10-25)18-37(3,33)34)13-23-22(28)12-19-4-6-20(7-5-19)24-15-38/h4-7,21H,8-14,16-18H2,1-3H3,(H,23,28)(H,29,30)(H,31,32)(H,33,34). The summed E-state index contributed by atoms with van der Waals surface area (Å²) in [5.41, 5.74) is 1.40. The Morgan fingerprint density at radius 2 is 1.47 bits per heavy atom. The number of rotatable bonds is 11. The molecule has 0 bridgehead atoms. The Morgan fingerprint density at radius 3 is 2.03 bits per heavy atom. The van der Waals surface area contributed by atoms with Gasteiger partial charge in [0.2, 0.25) is 28.0 Å². The molecule has 0 spiro atoms. The van der Waals surface area contributed by atoms with Gasteiger partial charge >= 0.3 is 0 Å². The fraction of sp³-hybridized carbons (Fsp3) is 0.636. The number of carbonyl (C=O) groups excluding carboxylic acids is 1. The number of aliphatic imine (C=N–C) groups is 1. The molecule has 4 N–H and O–H groups in total. The van der Waals surface area contributed by atoms with Crippen molar-refractivity contribution < 1.29 is 33.2 Å². The lowest BCUT2D eigenvalue weighted by molar-refractivity contribution is -0.120. The Hall–Kier alpha value is -1.06. The highest BCUT2D eigenvalue weighted by molar-refractivity contribution is 7.78. The molecule has 2 rings (SSSR count). The number of hydrogen-bond donors (Lipinski definition) is 4. The van der Waals surface area contributed by atoms with Crippen molar-refractivity contribution in [2.45, 2.75) is 12.5 Å². The second-order valence-electron chi connectivity index (χ2n) is 10.1. The number of nitrogens with zero attached hydrogens (tertiary/aromatic N) is 4. The summed E-state index contributed by atoms with van der Waals surface area (Å²) in [6.07, 6.45) is -0.206. The molecule has 4 unspecified atom stereocenters. The van der Waals surface area contributed by atoms with Crippen molar-refractivity contribution in [1.29, 1.82) is 0 Å². The van der Waals surface area contributed by atoms with Crippen LogP contribution in [0.25, 0.3) is 0 Å². The summed E-state index contributed by atoms with van der Waals surface area (Å²) in [5.74, 6) is -0.247. The number of amides is 1. The van der Waals surface area contributed by atoms with E-state index in [1.54, 1.807) is 39.0 Å². The molecule has 1 aliphatic rings. The van der Waals surface area contributed by atoms with Gasteiger partial charge in [0.1, 0.15) is 0 Å². The molecule has 0 aliphatic carbocycles. The van der Waals surface area contributed by atoms with Gasteiger partial charge in [0, 0.05) is 65.3 Å². The van der Waals surface area contributed by atoms with Gasteiger partial charge in [-0.05, 0) is 29.9 Å². The molecule has 1 aromatic rings. The van der Waals surface area contributed by atoms with Gasteiger partial charge < -0.3 is 20.0 Å². The predicted molar refractivity (Wildman–Crippen MR) is 153 cm³/mol. The number of benzene rings is 1. The molecular weight excluding hydrogens is 571 g/mol. The van der Waals surface area contributed by atoms with Crippen molar-refractivity contribution in [1.82, 2.24) is 20.0 Å². The van der Waals surface area contributed by atoms with Crippen LogP contribution in [0.15, 0.2) is 29.3 Å². The Morgan fingerprint density at radius 1 is 0.947 bits per heavy atom. The van der Waals surface area contributed by atoms with Gasteiger partial charge in [-0.2, -0.15) is 4.99 Å². The highest BCUT2D eigenvalue weighted by Gasteiger charge is 2.31. The smallest absolute Gasteiger partial charge is 0.224 e. The number of isothiocyanates is 1. The summed E-state index contributed by atoms with van der Waals surface area (Å²) >= 11 is 4.59. The molecule has 0 radical (unpaired) electrons. The minimum absolute atomic E-state index is 0.0590. The molecule has 12 nitrogen and oxygen atoms in total. The van der Waals surface area contributed by atoms with Gasteiger partial charge in [-0.25, -0.2) is 0 Å². The quantitative estimate of drug-likeness (QED) is 0.165. The molecule has 16 heteroatoms. The molecule has 1 aliphatic heterocycles. The van der Waals surface area contributed by atoms with Crippen LogP contribution in [-0.2, 0) is 24.9 Å². The third-order valence-electron chi connectivity index (χ3n) is 5.80. The summed E-state index contributed by atoms with van der Waals surface area (Å²) in [6, 6.07) is 6.55. The minimum atomic E-state index is -3.51. The van der Waals surface area contributed by atoms with Crippen molar-refractivity contribution in [3.63, 3.8) is 0 Å². The molecule has 1 saturated heterocycles. The van der Waals surface area contributed by atoms with E-state index in [-0.39, 0.29) is 44.3 Å². The zero-order valence-corrected chi connectivity index (χ0v) is 25.5. The molecule has 1 amide bonds. The van der Waals surface area contributed by atoms with E-state index in [1.165, 1.54) is 20.0 Å². The van der Waals surface area contributed by atoms with Crippen LogP contribution in [0, 0.1) is 0 Å². The maximum Gasteiger partial charge on any atom is 0.224 e. The lowest BCUT2D eigenvalue weighted by atomic mass is 10.1. The second kappa shape index (κ2) is 14.5. The highest BCUT2D eigenvalue weighted by atomic mass is 32.1. The van der Waals surface area contributed by atoms with E-state index in [2.05, 4.69) is 27.7 Å². The van der Waals surface area contributed by atoms with Crippen LogP contribution in [0.4, 0.5) is 5.69 Å². The van der Waals surface area contributed by atoms with Crippen LogP contribution in [-0.4, -0.2) is 125 Å². The average Bonchev–Trinajstić information content (AvgIpc) is 2.82. The summed E-state index contributed by atoms with van der Waals surface area (Å²) in [6.45, 7) is 5.62. The van der Waals surface area contributed by atoms with Crippen LogP contribution in [0.2, 0.25) is 0 Å². The lowest BCUT2D eigenvalue weighted by Crippen LogP contribution is -2.51. The maximum atomic E-state index is 12.7. The fourth-order valence-corrected chi connectivity index (χ4v) is 7.48. The zero-order valence-electron chi connectivity index (χ0n) is 22.0. The van der Waals surface area contributed by atoms with Crippen molar-refractivity contribution in [2.24, 2.45) is 4.99 Å². The first kappa shape index (κ1) is 33.1. The molecule has 0 aromatic heterocycles. The van der Waals surface area contributed by atoms with Crippen LogP contribution < -0.4 is 5.32 Å². The van der Waals surface area contributed by atoms with Gasteiger partial charge in [0.15, 0.2) is 0 Å². The third-order valence-corrected chi connectivity index (χ3v) is 8.63. The van der Waals surface area contributed by atoms with E-state index >= 15 is 0 Å². The van der Waals surface area contributed by atoms with Crippen LogP contribution >= 0.6 is 34.3 Å². The Balaban J connectivity index is 2.22. The summed E-state index contributed by atoms with van der Waals surface area (Å²) < 4.78 is 36.7. The predicted octanol–water partition coefficient (Wildman–Crippen LogP) is 1.94. The molecule has 1 aromatic carbocycles. The maximum absolute atomic E-state index is 12.7. The number of hydrogen-bond acceptors (Lipinski definition) is 9. The number of thiocarbonyl (C=S) groups is 1. The first-order valence-corrected chi connectivity index (χ1v) is 19.3. The second-order valence-corrected chi connectivity index (χ2v) is 17.4. The van der Waals surface area contributed by atoms with Crippen LogP contribution in [0.3, 0.4) is 0 Å². The summed E-state index contributed by atoms with van der Waals surface area (Å²) in [5, 5.41) is 5.18. The first-order chi connectivity index (χ1) is 17.5. The van der Waals surface area contributed by atoms with Crippen LogP contribution in [0.1, 0.15) is 5.56 Å². The molecule has 4 atom stereocenters. The summed E-state index contributed by atoms with van der Waals surface area (Å²) in [4.78, 5) is 52.1. The summed E-state index contributed by atoms with van der Waals surface area (Å²) in [7, 11) is -10.3. The number of carbonyl (C=O) groups is 1.